The summed E-state index contributed by atoms with van der Waals surface area (Å²) in [5.41, 5.74) is 2.37. The Kier molecular flexibility index (Phi) is 6.08. The van der Waals surface area contributed by atoms with E-state index in [9.17, 15) is 0 Å². The fourth-order valence-electron chi connectivity index (χ4n) is 0.645. The van der Waals surface area contributed by atoms with Crippen molar-refractivity contribution in [2.75, 3.05) is 6.61 Å². The van der Waals surface area contributed by atoms with Gasteiger partial charge in [0.1, 0.15) is 6.04 Å². The van der Waals surface area contributed by atoms with Crippen LogP contribution in [0.25, 0.3) is 0 Å². The molecule has 0 radical (unpaired) electrons. The second-order valence-electron chi connectivity index (χ2n) is 2.07. The number of nitrogens with one attached hydrogen (secondary N) is 1. The molecule has 0 aromatic heterocycles. The molecule has 0 aliphatic carbocycles. The highest BCUT2D eigenvalue weighted by Crippen LogP contribution is 1.97. The SMILES string of the molecule is N#CC(CCCCO)NN. The summed E-state index contributed by atoms with van der Waals surface area (Å²) >= 11 is 0. The molecule has 10 heavy (non-hydrogen) atoms. The molecule has 1 unspecified atom stereocenters. The highest BCUT2D eigenvalue weighted by atomic mass is 16.2. The monoisotopic (exact) mass is 143 g/mol. The van der Waals surface area contributed by atoms with E-state index in [2.05, 4.69) is 5.43 Å². The number of nitrogens with two attached hydrogens (primary N) is 1. The lowest BCUT2D eigenvalue weighted by molar-refractivity contribution is 0.281. The molecule has 0 saturated carbocycles. The van der Waals surface area contributed by atoms with Gasteiger partial charge in [0.25, 0.3) is 0 Å². The number of nitrogens with zero attached hydrogens (tertiary/aromatic N) is 1. The highest BCUT2D eigenvalue weighted by molar-refractivity contribution is 4.87. The van der Waals surface area contributed by atoms with Crippen LogP contribution in [0.2, 0.25) is 0 Å². The number of unbranched alkanes of at least 4 members (excludes halogenated alkanes) is 1. The standard InChI is InChI=1S/C6H13N3O/c7-5-6(9-8)3-1-2-4-10/h6,9-10H,1-4,8H2. The third-order valence-electron chi connectivity index (χ3n) is 1.26. The third kappa shape index (κ3) is 4.27. The fourth-order valence-corrected chi connectivity index (χ4v) is 0.645. The van der Waals surface area contributed by atoms with E-state index in [1.54, 1.807) is 0 Å². The van der Waals surface area contributed by atoms with E-state index in [1.807, 2.05) is 6.07 Å². The van der Waals surface area contributed by atoms with Gasteiger partial charge in [-0.3, -0.25) is 5.84 Å². The molecule has 0 saturated heterocycles. The van der Waals surface area contributed by atoms with Crippen molar-refractivity contribution in [3.63, 3.8) is 0 Å². The first-order valence-electron chi connectivity index (χ1n) is 3.31. The average molecular weight is 143 g/mol. The van der Waals surface area contributed by atoms with Crippen LogP contribution >= 0.6 is 0 Å². The van der Waals surface area contributed by atoms with Crippen LogP contribution in [0.5, 0.6) is 0 Å². The lowest BCUT2D eigenvalue weighted by Crippen LogP contribution is -2.33. The van der Waals surface area contributed by atoms with Crippen molar-refractivity contribution in [3.8, 4) is 6.07 Å². The molecule has 58 valence electrons. The summed E-state index contributed by atoms with van der Waals surface area (Å²) in [6.45, 7) is 0.183. The Balaban J connectivity index is 3.20. The van der Waals surface area contributed by atoms with E-state index in [4.69, 9.17) is 16.2 Å². The molecule has 0 heterocycles. The Morgan fingerprint density at radius 2 is 2.30 bits per heavy atom. The first-order valence-corrected chi connectivity index (χ1v) is 3.31. The summed E-state index contributed by atoms with van der Waals surface area (Å²) in [6.07, 6.45) is 2.27. The van der Waals surface area contributed by atoms with Crippen molar-refractivity contribution in [3.05, 3.63) is 0 Å². The van der Waals surface area contributed by atoms with E-state index in [-0.39, 0.29) is 12.6 Å². The van der Waals surface area contributed by atoms with Crippen molar-refractivity contribution in [2.45, 2.75) is 25.3 Å². The predicted molar refractivity (Wildman–Crippen MR) is 37.7 cm³/mol. The van der Waals surface area contributed by atoms with Gasteiger partial charge in [-0.25, -0.2) is 5.43 Å². The number of aliphatic hydroxyl groups is 1. The minimum absolute atomic E-state index is 0.183. The maximum Gasteiger partial charge on any atom is 0.108 e. The zero-order valence-corrected chi connectivity index (χ0v) is 5.88. The van der Waals surface area contributed by atoms with Crippen molar-refractivity contribution >= 4 is 0 Å². The number of hydrogen-bond acceptors (Lipinski definition) is 4. The smallest absolute Gasteiger partial charge is 0.108 e. The van der Waals surface area contributed by atoms with Crippen molar-refractivity contribution in [2.24, 2.45) is 5.84 Å². The van der Waals surface area contributed by atoms with Gasteiger partial charge >= 0.3 is 0 Å². The van der Waals surface area contributed by atoms with Crippen molar-refractivity contribution < 1.29 is 5.11 Å². The molecule has 0 aromatic rings. The molecule has 0 aliphatic heterocycles. The maximum atomic E-state index is 8.39. The summed E-state index contributed by atoms with van der Waals surface area (Å²) in [4.78, 5) is 0. The van der Waals surface area contributed by atoms with Gasteiger partial charge in [0.05, 0.1) is 6.07 Å². The Morgan fingerprint density at radius 1 is 1.60 bits per heavy atom. The first-order chi connectivity index (χ1) is 4.85. The molecule has 0 aliphatic rings. The van der Waals surface area contributed by atoms with Crippen LogP contribution < -0.4 is 11.3 Å². The van der Waals surface area contributed by atoms with E-state index in [0.29, 0.717) is 6.42 Å². The maximum absolute atomic E-state index is 8.39. The van der Waals surface area contributed by atoms with Crippen LogP contribution in [-0.2, 0) is 0 Å². The lowest BCUT2D eigenvalue weighted by Gasteiger charge is -2.04. The van der Waals surface area contributed by atoms with Crippen LogP contribution in [-0.4, -0.2) is 17.8 Å². The largest absolute Gasteiger partial charge is 0.396 e. The van der Waals surface area contributed by atoms with Crippen molar-refractivity contribution in [1.82, 2.24) is 5.43 Å². The molecule has 4 heteroatoms. The summed E-state index contributed by atoms with van der Waals surface area (Å²) in [6, 6.07) is 1.72. The van der Waals surface area contributed by atoms with Crippen LogP contribution in [0.15, 0.2) is 0 Å². The number of rotatable bonds is 5. The molecular weight excluding hydrogens is 130 g/mol. The van der Waals surface area contributed by atoms with Crippen LogP contribution in [0.3, 0.4) is 0 Å². The van der Waals surface area contributed by atoms with Gasteiger partial charge in [-0.2, -0.15) is 5.26 Å². The van der Waals surface area contributed by atoms with Gasteiger partial charge in [-0.05, 0) is 19.3 Å². The van der Waals surface area contributed by atoms with E-state index >= 15 is 0 Å². The molecule has 4 N–H and O–H groups in total. The van der Waals surface area contributed by atoms with Crippen LogP contribution in [0.4, 0.5) is 0 Å². The highest BCUT2D eigenvalue weighted by Gasteiger charge is 2.01. The third-order valence-corrected chi connectivity index (χ3v) is 1.26. The Hall–Kier alpha value is -0.630. The number of hydrogen-bond donors (Lipinski definition) is 3. The van der Waals surface area contributed by atoms with E-state index in [1.165, 1.54) is 0 Å². The topological polar surface area (TPSA) is 82.1 Å². The second-order valence-corrected chi connectivity index (χ2v) is 2.07. The quantitative estimate of drug-likeness (QED) is 0.275. The van der Waals surface area contributed by atoms with Gasteiger partial charge in [0.2, 0.25) is 0 Å². The minimum atomic E-state index is -0.272. The molecule has 0 rings (SSSR count). The fraction of sp³-hybridized carbons (Fsp3) is 0.833. The van der Waals surface area contributed by atoms with Gasteiger partial charge in [0.15, 0.2) is 0 Å². The second kappa shape index (κ2) is 6.49. The molecule has 0 amide bonds. The van der Waals surface area contributed by atoms with Crippen LogP contribution in [0, 0.1) is 11.3 Å². The Morgan fingerprint density at radius 3 is 2.70 bits per heavy atom. The van der Waals surface area contributed by atoms with Gasteiger partial charge in [-0.15, -0.1) is 0 Å². The first kappa shape index (κ1) is 9.37. The van der Waals surface area contributed by atoms with E-state index in [0.717, 1.165) is 12.8 Å². The predicted octanol–water partition coefficient (Wildman–Crippen LogP) is -0.496. The van der Waals surface area contributed by atoms with Gasteiger partial charge in [-0.1, -0.05) is 0 Å². The van der Waals surface area contributed by atoms with E-state index < -0.39 is 0 Å². The molecular formula is C6H13N3O. The lowest BCUT2D eigenvalue weighted by atomic mass is 10.1. The molecule has 4 nitrogen and oxygen atoms in total. The summed E-state index contributed by atoms with van der Waals surface area (Å²) in [5.74, 6) is 5.03. The zero-order chi connectivity index (χ0) is 7.82. The normalized spacial score (nSPS) is 12.5. The number of hydrazine groups is 1. The summed E-state index contributed by atoms with van der Waals surface area (Å²) < 4.78 is 0. The summed E-state index contributed by atoms with van der Waals surface area (Å²) in [5, 5.41) is 16.8. The Bertz CT molecular complexity index is 110. The minimum Gasteiger partial charge on any atom is -0.396 e. The molecule has 0 fully saturated rings. The number of aliphatic hydroxyl groups excluding tert-OH is 1. The molecule has 0 spiro atoms. The summed E-state index contributed by atoms with van der Waals surface area (Å²) in [7, 11) is 0. The molecule has 0 aromatic carbocycles. The molecule has 1 atom stereocenters. The molecule has 0 bridgehead atoms. The van der Waals surface area contributed by atoms with Gasteiger partial charge in [0, 0.05) is 6.61 Å². The van der Waals surface area contributed by atoms with Crippen molar-refractivity contribution in [1.29, 1.82) is 5.26 Å². The van der Waals surface area contributed by atoms with Gasteiger partial charge < -0.3 is 5.11 Å². The Labute approximate surface area is 60.6 Å². The zero-order valence-electron chi connectivity index (χ0n) is 5.88. The average Bonchev–Trinajstić information content (AvgIpc) is 1.99. The van der Waals surface area contributed by atoms with Crippen LogP contribution in [0.1, 0.15) is 19.3 Å². The number of nitriles is 1.